The van der Waals surface area contributed by atoms with Crippen LogP contribution in [-0.2, 0) is 14.3 Å². The molecular formula is C8H14F3NO3. The van der Waals surface area contributed by atoms with Crippen molar-refractivity contribution in [3.8, 4) is 0 Å². The summed E-state index contributed by atoms with van der Waals surface area (Å²) in [6.45, 7) is 1.38. The molecule has 15 heavy (non-hydrogen) atoms. The van der Waals surface area contributed by atoms with Gasteiger partial charge in [-0.2, -0.15) is 0 Å². The number of carbonyl (C=O) groups excluding carboxylic acids is 1. The highest BCUT2D eigenvalue weighted by Crippen LogP contribution is 2.15. The van der Waals surface area contributed by atoms with Crippen LogP contribution in [0.5, 0.6) is 0 Å². The van der Waals surface area contributed by atoms with E-state index >= 15 is 0 Å². The molecule has 0 aromatic heterocycles. The predicted octanol–water partition coefficient (Wildman–Crippen LogP) is 1.02. The van der Waals surface area contributed by atoms with E-state index in [1.54, 1.807) is 6.92 Å². The van der Waals surface area contributed by atoms with Crippen molar-refractivity contribution in [3.63, 3.8) is 0 Å². The first-order valence-corrected chi connectivity index (χ1v) is 4.40. The Balaban J connectivity index is 3.57. The summed E-state index contributed by atoms with van der Waals surface area (Å²) in [6, 6.07) is 0. The third kappa shape index (κ3) is 9.48. The van der Waals surface area contributed by atoms with Gasteiger partial charge in [-0.3, -0.25) is 14.4 Å². The third-order valence-corrected chi connectivity index (χ3v) is 1.44. The highest BCUT2D eigenvalue weighted by molar-refractivity contribution is 5.71. The number of carbonyl (C=O) groups is 1. The van der Waals surface area contributed by atoms with E-state index in [4.69, 9.17) is 0 Å². The number of hydrogen-bond acceptors (Lipinski definition) is 4. The van der Waals surface area contributed by atoms with Crippen molar-refractivity contribution in [2.24, 2.45) is 0 Å². The predicted molar refractivity (Wildman–Crippen MR) is 46.1 cm³/mol. The van der Waals surface area contributed by atoms with Crippen LogP contribution in [0.25, 0.3) is 0 Å². The molecule has 0 spiro atoms. The number of halogens is 3. The lowest BCUT2D eigenvalue weighted by molar-refractivity contribution is -0.324. The Morgan fingerprint density at radius 1 is 1.40 bits per heavy atom. The van der Waals surface area contributed by atoms with E-state index in [9.17, 15) is 18.0 Å². The van der Waals surface area contributed by atoms with Gasteiger partial charge in [-0.05, 0) is 14.0 Å². The quantitative estimate of drug-likeness (QED) is 0.637. The number of hydrogen-bond donors (Lipinski definition) is 0. The second kappa shape index (κ2) is 6.62. The minimum absolute atomic E-state index is 0.0122. The summed E-state index contributed by atoms with van der Waals surface area (Å²) in [7, 11) is 1.51. The van der Waals surface area contributed by atoms with Gasteiger partial charge in [-0.15, -0.1) is 13.2 Å². The number of likely N-dealkylation sites (N-methyl/N-ethyl adjacent to an activating group) is 1. The zero-order chi connectivity index (χ0) is 11.9. The smallest absolute Gasteiger partial charge is 0.465 e. The van der Waals surface area contributed by atoms with Crippen LogP contribution in [0, 0.1) is 0 Å². The molecule has 0 aliphatic heterocycles. The largest absolute Gasteiger partial charge is 0.522 e. The number of alkyl halides is 3. The van der Waals surface area contributed by atoms with Crippen LogP contribution in [0.15, 0.2) is 0 Å². The van der Waals surface area contributed by atoms with Gasteiger partial charge in [0.2, 0.25) is 0 Å². The summed E-state index contributed by atoms with van der Waals surface area (Å²) >= 11 is 0. The first-order valence-electron chi connectivity index (χ1n) is 4.40. The molecule has 0 radical (unpaired) electrons. The Hall–Kier alpha value is -0.820. The fraction of sp³-hybridized carbons (Fsp3) is 0.875. The van der Waals surface area contributed by atoms with Crippen molar-refractivity contribution >= 4 is 5.97 Å². The highest BCUT2D eigenvalue weighted by atomic mass is 19.4. The van der Waals surface area contributed by atoms with Crippen LogP contribution >= 0.6 is 0 Å². The van der Waals surface area contributed by atoms with Gasteiger partial charge in [0, 0.05) is 6.54 Å². The minimum atomic E-state index is -4.62. The van der Waals surface area contributed by atoms with E-state index < -0.39 is 18.9 Å². The van der Waals surface area contributed by atoms with Crippen molar-refractivity contribution in [3.05, 3.63) is 0 Å². The molecule has 0 N–H and O–H groups in total. The van der Waals surface area contributed by atoms with Gasteiger partial charge >= 0.3 is 12.3 Å². The molecule has 0 fully saturated rings. The maximum atomic E-state index is 11.6. The van der Waals surface area contributed by atoms with E-state index in [1.807, 2.05) is 0 Å². The molecule has 0 unspecified atom stereocenters. The second-order valence-corrected chi connectivity index (χ2v) is 2.84. The van der Waals surface area contributed by atoms with E-state index in [2.05, 4.69) is 9.47 Å². The Kier molecular flexibility index (Phi) is 6.26. The summed E-state index contributed by atoms with van der Waals surface area (Å²) < 4.78 is 42.8. The third-order valence-electron chi connectivity index (χ3n) is 1.44. The standard InChI is InChI=1S/C8H14F3NO3/c1-3-14-7(13)6-12(2)4-5-15-8(9,10)11/h3-6H2,1-2H3. The van der Waals surface area contributed by atoms with Crippen molar-refractivity contribution in [1.82, 2.24) is 4.90 Å². The average molecular weight is 229 g/mol. The molecule has 0 heterocycles. The van der Waals surface area contributed by atoms with Gasteiger partial charge in [0.25, 0.3) is 0 Å². The van der Waals surface area contributed by atoms with Crippen LogP contribution in [-0.4, -0.2) is 50.6 Å². The van der Waals surface area contributed by atoms with E-state index in [-0.39, 0.29) is 19.7 Å². The molecule has 0 atom stereocenters. The number of esters is 1. The Bertz CT molecular complexity index is 196. The summed E-state index contributed by atoms with van der Waals surface area (Å²) in [5, 5.41) is 0. The number of rotatable bonds is 6. The molecule has 0 saturated heterocycles. The Morgan fingerprint density at radius 2 is 2.00 bits per heavy atom. The van der Waals surface area contributed by atoms with Gasteiger partial charge in [-0.25, -0.2) is 0 Å². The van der Waals surface area contributed by atoms with Gasteiger partial charge in [0.05, 0.1) is 19.8 Å². The molecule has 0 aromatic carbocycles. The van der Waals surface area contributed by atoms with Crippen molar-refractivity contribution in [1.29, 1.82) is 0 Å². The first-order chi connectivity index (χ1) is 6.85. The van der Waals surface area contributed by atoms with Gasteiger partial charge in [0.1, 0.15) is 0 Å². The topological polar surface area (TPSA) is 38.8 Å². The average Bonchev–Trinajstić information content (AvgIpc) is 2.01. The monoisotopic (exact) mass is 229 g/mol. The van der Waals surface area contributed by atoms with Crippen LogP contribution < -0.4 is 0 Å². The normalized spacial score (nSPS) is 11.9. The number of nitrogens with zero attached hydrogens (tertiary/aromatic N) is 1. The molecule has 7 heteroatoms. The molecule has 0 aliphatic rings. The van der Waals surface area contributed by atoms with Crippen molar-refractivity contribution in [2.75, 3.05) is 33.4 Å². The molecule has 0 aliphatic carbocycles. The van der Waals surface area contributed by atoms with E-state index in [0.29, 0.717) is 0 Å². The summed E-state index contributed by atoms with van der Waals surface area (Å²) in [4.78, 5) is 12.3. The van der Waals surface area contributed by atoms with Crippen LogP contribution in [0.3, 0.4) is 0 Å². The second-order valence-electron chi connectivity index (χ2n) is 2.84. The first kappa shape index (κ1) is 14.2. The molecule has 4 nitrogen and oxygen atoms in total. The van der Waals surface area contributed by atoms with Crippen molar-refractivity contribution < 1.29 is 27.4 Å². The summed E-state index contributed by atoms with van der Waals surface area (Å²) in [6.07, 6.45) is -4.62. The Labute approximate surface area is 85.9 Å². The van der Waals surface area contributed by atoms with Crippen LogP contribution in [0.1, 0.15) is 6.92 Å². The molecular weight excluding hydrogens is 215 g/mol. The zero-order valence-electron chi connectivity index (χ0n) is 8.63. The Morgan fingerprint density at radius 3 is 2.47 bits per heavy atom. The van der Waals surface area contributed by atoms with Gasteiger partial charge in [-0.1, -0.05) is 0 Å². The minimum Gasteiger partial charge on any atom is -0.465 e. The fourth-order valence-electron chi connectivity index (χ4n) is 0.823. The number of ether oxygens (including phenoxy) is 2. The maximum Gasteiger partial charge on any atom is 0.522 e. The highest BCUT2D eigenvalue weighted by Gasteiger charge is 2.28. The van der Waals surface area contributed by atoms with Gasteiger partial charge in [0.15, 0.2) is 0 Å². The summed E-state index contributed by atoms with van der Waals surface area (Å²) in [5.74, 6) is -0.466. The molecule has 0 rings (SSSR count). The van der Waals surface area contributed by atoms with Gasteiger partial charge < -0.3 is 4.74 Å². The SMILES string of the molecule is CCOC(=O)CN(C)CCOC(F)(F)F. The van der Waals surface area contributed by atoms with E-state index in [1.165, 1.54) is 11.9 Å². The molecule has 0 aromatic rings. The molecule has 90 valence electrons. The lowest BCUT2D eigenvalue weighted by atomic mass is 10.5. The van der Waals surface area contributed by atoms with Crippen LogP contribution in [0.2, 0.25) is 0 Å². The van der Waals surface area contributed by atoms with Crippen molar-refractivity contribution in [2.45, 2.75) is 13.3 Å². The van der Waals surface area contributed by atoms with Crippen LogP contribution in [0.4, 0.5) is 13.2 Å². The zero-order valence-corrected chi connectivity index (χ0v) is 8.63. The lowest BCUT2D eigenvalue weighted by Crippen LogP contribution is -2.31. The fourth-order valence-corrected chi connectivity index (χ4v) is 0.823. The summed E-state index contributed by atoms with van der Waals surface area (Å²) in [5.41, 5.74) is 0. The lowest BCUT2D eigenvalue weighted by Gasteiger charge is -2.15. The molecule has 0 bridgehead atoms. The van der Waals surface area contributed by atoms with E-state index in [0.717, 1.165) is 0 Å². The molecule has 0 saturated carbocycles. The molecule has 0 amide bonds. The maximum absolute atomic E-state index is 11.6.